The number of anilines is 2. The maximum absolute atomic E-state index is 13.4. The van der Waals surface area contributed by atoms with Gasteiger partial charge in [-0.2, -0.15) is 0 Å². The first-order chi connectivity index (χ1) is 13.0. The Morgan fingerprint density at radius 1 is 1.07 bits per heavy atom. The Morgan fingerprint density at radius 3 is 2.33 bits per heavy atom. The lowest BCUT2D eigenvalue weighted by atomic mass is 10.2. The second-order valence-electron chi connectivity index (χ2n) is 6.10. The van der Waals surface area contributed by atoms with Gasteiger partial charge in [0.1, 0.15) is 17.3 Å². The molecule has 3 rings (SSSR count). The molecule has 0 aliphatic carbocycles. The van der Waals surface area contributed by atoms with E-state index in [1.165, 1.54) is 19.2 Å². The molecule has 0 atom stereocenters. The molecule has 8 heteroatoms. The summed E-state index contributed by atoms with van der Waals surface area (Å²) in [7, 11) is 1.51. The molecule has 144 valence electrons. The number of piperazine rings is 1. The zero-order valence-electron chi connectivity index (χ0n) is 15.4. The number of ether oxygens (including phenoxy) is 2. The summed E-state index contributed by atoms with van der Waals surface area (Å²) >= 11 is 0. The quantitative estimate of drug-likeness (QED) is 0.569. The summed E-state index contributed by atoms with van der Waals surface area (Å²) in [6.45, 7) is 4.62. The fourth-order valence-electron chi connectivity index (χ4n) is 3.32. The van der Waals surface area contributed by atoms with E-state index in [1.54, 1.807) is 31.2 Å². The number of methoxy groups -OCH3 is 1. The molecular formula is C19H22FN3O4. The lowest BCUT2D eigenvalue weighted by molar-refractivity contribution is -0.385. The molecule has 1 saturated heterocycles. The topological polar surface area (TPSA) is 68.1 Å². The number of benzene rings is 2. The lowest BCUT2D eigenvalue weighted by Crippen LogP contribution is -2.46. The number of hydrogen-bond acceptors (Lipinski definition) is 6. The van der Waals surface area contributed by atoms with Gasteiger partial charge in [0.25, 0.3) is 0 Å². The van der Waals surface area contributed by atoms with E-state index in [0.717, 1.165) is 5.69 Å². The summed E-state index contributed by atoms with van der Waals surface area (Å²) in [6.07, 6.45) is 0. The Kier molecular flexibility index (Phi) is 5.63. The van der Waals surface area contributed by atoms with Crippen LogP contribution in [-0.2, 0) is 0 Å². The fourth-order valence-corrected chi connectivity index (χ4v) is 3.32. The van der Waals surface area contributed by atoms with Gasteiger partial charge >= 0.3 is 5.69 Å². The third kappa shape index (κ3) is 3.89. The average molecular weight is 375 g/mol. The van der Waals surface area contributed by atoms with Gasteiger partial charge in [0.15, 0.2) is 5.75 Å². The van der Waals surface area contributed by atoms with E-state index >= 15 is 0 Å². The van der Waals surface area contributed by atoms with Gasteiger partial charge in [-0.05, 0) is 31.2 Å². The fraction of sp³-hybridized carbons (Fsp3) is 0.368. The van der Waals surface area contributed by atoms with Crippen LogP contribution in [-0.4, -0.2) is 44.8 Å². The predicted molar refractivity (Wildman–Crippen MR) is 102 cm³/mol. The number of hydrogen-bond donors (Lipinski definition) is 0. The molecule has 0 spiro atoms. The highest BCUT2D eigenvalue weighted by molar-refractivity contribution is 5.70. The Labute approximate surface area is 157 Å². The molecule has 0 N–H and O–H groups in total. The second-order valence-corrected chi connectivity index (χ2v) is 6.10. The first-order valence-electron chi connectivity index (χ1n) is 8.78. The third-order valence-electron chi connectivity index (χ3n) is 4.56. The predicted octanol–water partition coefficient (Wildman–Crippen LogP) is 3.47. The number of halogens is 1. The van der Waals surface area contributed by atoms with Crippen LogP contribution in [0.3, 0.4) is 0 Å². The van der Waals surface area contributed by atoms with Crippen molar-refractivity contribution in [2.24, 2.45) is 0 Å². The van der Waals surface area contributed by atoms with Crippen LogP contribution in [0.1, 0.15) is 6.92 Å². The van der Waals surface area contributed by atoms with Crippen molar-refractivity contribution in [2.75, 3.05) is 49.7 Å². The summed E-state index contributed by atoms with van der Waals surface area (Å²) in [6, 6.07) is 9.59. The van der Waals surface area contributed by atoms with Crippen molar-refractivity contribution in [3.05, 3.63) is 52.3 Å². The molecule has 0 aromatic heterocycles. The third-order valence-corrected chi connectivity index (χ3v) is 4.56. The number of nitro benzene ring substituents is 1. The molecular weight excluding hydrogens is 353 g/mol. The largest absolute Gasteiger partial charge is 0.494 e. The van der Waals surface area contributed by atoms with Gasteiger partial charge in [-0.3, -0.25) is 10.1 Å². The molecule has 1 aliphatic rings. The highest BCUT2D eigenvalue weighted by Gasteiger charge is 2.28. The van der Waals surface area contributed by atoms with E-state index in [0.29, 0.717) is 44.2 Å². The van der Waals surface area contributed by atoms with E-state index in [-0.39, 0.29) is 17.3 Å². The van der Waals surface area contributed by atoms with E-state index in [9.17, 15) is 14.5 Å². The molecule has 2 aromatic rings. The van der Waals surface area contributed by atoms with Crippen LogP contribution >= 0.6 is 0 Å². The maximum atomic E-state index is 13.4. The number of para-hydroxylation sites is 1. The summed E-state index contributed by atoms with van der Waals surface area (Å²) in [5.41, 5.74) is 1.36. The normalized spacial score (nSPS) is 14.2. The second kappa shape index (κ2) is 8.11. The smallest absolute Gasteiger partial charge is 0.333 e. The summed E-state index contributed by atoms with van der Waals surface area (Å²) in [4.78, 5) is 15.3. The van der Waals surface area contributed by atoms with Crippen LogP contribution in [0.4, 0.5) is 21.5 Å². The molecule has 0 radical (unpaired) electrons. The molecule has 0 saturated carbocycles. The van der Waals surface area contributed by atoms with Crippen molar-refractivity contribution in [3.63, 3.8) is 0 Å². The molecule has 0 unspecified atom stereocenters. The number of rotatable bonds is 6. The Balaban J connectivity index is 1.80. The Hall–Kier alpha value is -3.03. The van der Waals surface area contributed by atoms with Gasteiger partial charge in [0.05, 0.1) is 24.3 Å². The average Bonchev–Trinajstić information content (AvgIpc) is 2.68. The molecule has 0 bridgehead atoms. The van der Waals surface area contributed by atoms with Crippen molar-refractivity contribution in [2.45, 2.75) is 6.92 Å². The molecule has 7 nitrogen and oxygen atoms in total. The van der Waals surface area contributed by atoms with Crippen LogP contribution in [0.5, 0.6) is 11.5 Å². The number of nitrogens with zero attached hydrogens (tertiary/aromatic N) is 3. The highest BCUT2D eigenvalue weighted by Crippen LogP contribution is 2.38. The zero-order chi connectivity index (χ0) is 19.4. The van der Waals surface area contributed by atoms with Crippen LogP contribution in [0, 0.1) is 15.9 Å². The molecule has 1 fully saturated rings. The monoisotopic (exact) mass is 375 g/mol. The Morgan fingerprint density at radius 2 is 1.74 bits per heavy atom. The van der Waals surface area contributed by atoms with E-state index in [4.69, 9.17) is 9.47 Å². The highest BCUT2D eigenvalue weighted by atomic mass is 19.1. The van der Waals surface area contributed by atoms with Crippen LogP contribution in [0.2, 0.25) is 0 Å². The molecule has 0 amide bonds. The SMILES string of the molecule is CCOc1cccc(N2CCN(c3ccc(F)cc3OC)CC2)c1[N+](=O)[O-]. The van der Waals surface area contributed by atoms with Crippen molar-refractivity contribution in [1.82, 2.24) is 0 Å². The van der Waals surface area contributed by atoms with Gasteiger partial charge in [0, 0.05) is 32.2 Å². The first kappa shape index (κ1) is 18.8. The minimum absolute atomic E-state index is 0.00726. The molecule has 1 aliphatic heterocycles. The van der Waals surface area contributed by atoms with Gasteiger partial charge < -0.3 is 19.3 Å². The standard InChI is InChI=1S/C19H22FN3O4/c1-3-27-17-6-4-5-16(19(17)23(24)25)22-11-9-21(10-12-22)15-8-7-14(20)13-18(15)26-2/h4-8,13H,3,9-12H2,1-2H3. The number of nitro groups is 1. The van der Waals surface area contributed by atoms with Gasteiger partial charge in [0.2, 0.25) is 0 Å². The van der Waals surface area contributed by atoms with Crippen molar-refractivity contribution in [1.29, 1.82) is 0 Å². The lowest BCUT2D eigenvalue weighted by Gasteiger charge is -2.37. The van der Waals surface area contributed by atoms with E-state index in [1.807, 2.05) is 4.90 Å². The maximum Gasteiger partial charge on any atom is 0.333 e. The van der Waals surface area contributed by atoms with Crippen molar-refractivity contribution < 1.29 is 18.8 Å². The summed E-state index contributed by atoms with van der Waals surface area (Å²) < 4.78 is 24.1. The van der Waals surface area contributed by atoms with Crippen LogP contribution in [0.25, 0.3) is 0 Å². The zero-order valence-corrected chi connectivity index (χ0v) is 15.4. The minimum Gasteiger partial charge on any atom is -0.494 e. The van der Waals surface area contributed by atoms with Crippen molar-refractivity contribution >= 4 is 17.1 Å². The van der Waals surface area contributed by atoms with Gasteiger partial charge in [-0.1, -0.05) is 6.07 Å². The summed E-state index contributed by atoms with van der Waals surface area (Å²) in [5, 5.41) is 11.6. The van der Waals surface area contributed by atoms with Crippen LogP contribution in [0.15, 0.2) is 36.4 Å². The first-order valence-corrected chi connectivity index (χ1v) is 8.78. The van der Waals surface area contributed by atoms with Gasteiger partial charge in [-0.25, -0.2) is 4.39 Å². The Bertz CT molecular complexity index is 823. The minimum atomic E-state index is -0.393. The van der Waals surface area contributed by atoms with E-state index < -0.39 is 4.92 Å². The molecule has 27 heavy (non-hydrogen) atoms. The van der Waals surface area contributed by atoms with Gasteiger partial charge in [-0.15, -0.1) is 0 Å². The van der Waals surface area contributed by atoms with Crippen LogP contribution < -0.4 is 19.3 Å². The molecule has 2 aromatic carbocycles. The van der Waals surface area contributed by atoms with E-state index in [2.05, 4.69) is 4.90 Å². The summed E-state index contributed by atoms with van der Waals surface area (Å²) in [5.74, 6) is 0.410. The molecule has 1 heterocycles. The van der Waals surface area contributed by atoms with Crippen molar-refractivity contribution in [3.8, 4) is 11.5 Å².